The number of ether oxygens (including phenoxy) is 1. The van der Waals surface area contributed by atoms with Gasteiger partial charge in [0.25, 0.3) is 0 Å². The Bertz CT molecular complexity index is 513. The van der Waals surface area contributed by atoms with Gasteiger partial charge in [-0.3, -0.25) is 0 Å². The van der Waals surface area contributed by atoms with Crippen molar-refractivity contribution in [3.05, 3.63) is 23.0 Å². The van der Waals surface area contributed by atoms with Crippen LogP contribution in [0.3, 0.4) is 0 Å². The molecule has 1 fully saturated rings. The predicted octanol–water partition coefficient (Wildman–Crippen LogP) is 2.45. The summed E-state index contributed by atoms with van der Waals surface area (Å²) >= 11 is 4.65. The average Bonchev–Trinajstić information content (AvgIpc) is 2.44. The number of hydrogen-bond acceptors (Lipinski definition) is 5. The lowest BCUT2D eigenvalue weighted by Crippen LogP contribution is -2.37. The van der Waals surface area contributed by atoms with Crippen LogP contribution >= 0.6 is 11.6 Å². The Morgan fingerprint density at radius 3 is 2.67 bits per heavy atom. The maximum absolute atomic E-state index is 12.0. The molecule has 0 aliphatic carbocycles. The molecular weight excluding hydrogens is 310 g/mol. The van der Waals surface area contributed by atoms with Gasteiger partial charge < -0.3 is 14.2 Å². The minimum Gasteiger partial charge on any atom is -0.591 e. The highest BCUT2D eigenvalue weighted by Gasteiger charge is 2.26. The molecule has 1 aliphatic rings. The Kier molecular flexibility index (Phi) is 5.48. The maximum Gasteiger partial charge on any atom is 0.144 e. The fraction of sp³-hybridized carbons (Fsp3) is 0.571. The van der Waals surface area contributed by atoms with Gasteiger partial charge in [-0.1, -0.05) is 16.0 Å². The van der Waals surface area contributed by atoms with Crippen molar-refractivity contribution in [2.24, 2.45) is 4.40 Å². The molecule has 2 heterocycles. The van der Waals surface area contributed by atoms with Gasteiger partial charge in [0.2, 0.25) is 0 Å². The molecule has 0 amide bonds. The van der Waals surface area contributed by atoms with E-state index in [4.69, 9.17) is 16.3 Å². The van der Waals surface area contributed by atoms with Gasteiger partial charge in [-0.25, -0.2) is 4.98 Å². The summed E-state index contributed by atoms with van der Waals surface area (Å²) in [5.41, 5.74) is 1.58. The molecule has 116 valence electrons. The summed E-state index contributed by atoms with van der Waals surface area (Å²) in [4.78, 5) is 6.48. The van der Waals surface area contributed by atoms with E-state index in [0.717, 1.165) is 18.8 Å². The monoisotopic (exact) mass is 329 g/mol. The van der Waals surface area contributed by atoms with E-state index in [2.05, 4.69) is 14.3 Å². The molecular formula is C14H20ClN3O2S. The summed E-state index contributed by atoms with van der Waals surface area (Å²) in [6, 6.07) is 3.67. The lowest BCUT2D eigenvalue weighted by molar-refractivity contribution is 0.122. The first-order chi connectivity index (χ1) is 9.88. The summed E-state index contributed by atoms with van der Waals surface area (Å²) in [5, 5.41) is 0.398. The zero-order valence-corrected chi connectivity index (χ0v) is 14.1. The van der Waals surface area contributed by atoms with E-state index in [1.54, 1.807) is 12.3 Å². The molecule has 1 aromatic heterocycles. The van der Waals surface area contributed by atoms with Gasteiger partial charge in [0.1, 0.15) is 33.2 Å². The average molecular weight is 330 g/mol. The largest absolute Gasteiger partial charge is 0.591 e. The maximum atomic E-state index is 12.0. The van der Waals surface area contributed by atoms with Crippen molar-refractivity contribution in [1.29, 1.82) is 0 Å². The minimum absolute atomic E-state index is 0.395. The van der Waals surface area contributed by atoms with Gasteiger partial charge >= 0.3 is 0 Å². The highest BCUT2D eigenvalue weighted by molar-refractivity contribution is 7.91. The molecule has 1 aromatic rings. The van der Waals surface area contributed by atoms with E-state index in [9.17, 15) is 4.55 Å². The highest BCUT2D eigenvalue weighted by Crippen LogP contribution is 2.22. The highest BCUT2D eigenvalue weighted by atomic mass is 35.5. The van der Waals surface area contributed by atoms with Crippen molar-refractivity contribution < 1.29 is 9.29 Å². The Hall–Kier alpha value is -0.820. The summed E-state index contributed by atoms with van der Waals surface area (Å²) < 4.78 is 21.1. The van der Waals surface area contributed by atoms with Gasteiger partial charge in [-0.15, -0.1) is 0 Å². The first kappa shape index (κ1) is 16.5. The third-order valence-electron chi connectivity index (χ3n) is 3.01. The van der Waals surface area contributed by atoms with Crippen molar-refractivity contribution in [3.8, 4) is 0 Å². The fourth-order valence-electron chi connectivity index (χ4n) is 1.87. The molecule has 7 heteroatoms. The second kappa shape index (κ2) is 6.96. The predicted molar refractivity (Wildman–Crippen MR) is 87.8 cm³/mol. The number of pyridine rings is 1. The Balaban J connectivity index is 2.25. The number of aromatic nitrogens is 1. The second-order valence-corrected chi connectivity index (χ2v) is 8.05. The first-order valence-electron chi connectivity index (χ1n) is 6.83. The van der Waals surface area contributed by atoms with Crippen LogP contribution < -0.4 is 4.90 Å². The third-order valence-corrected chi connectivity index (χ3v) is 4.57. The standard InChI is InChI=1S/C14H20ClN3O2S/c1-14(2,3)21(19)16-10-11-12(4-5-13(15)17-11)18-6-8-20-9-7-18/h4-5,10H,6-9H2,1-3H3/b16-10+. The number of hydrogen-bond donors (Lipinski definition) is 0. The molecule has 1 saturated heterocycles. The summed E-state index contributed by atoms with van der Waals surface area (Å²) in [7, 11) is 0. The van der Waals surface area contributed by atoms with Gasteiger partial charge in [0.15, 0.2) is 0 Å². The van der Waals surface area contributed by atoms with E-state index in [-0.39, 0.29) is 0 Å². The minimum atomic E-state index is -1.31. The zero-order chi connectivity index (χ0) is 15.5. The van der Waals surface area contributed by atoms with Crippen LogP contribution in [0.15, 0.2) is 16.5 Å². The molecule has 0 spiro atoms. The molecule has 1 atom stereocenters. The van der Waals surface area contributed by atoms with E-state index in [0.29, 0.717) is 24.1 Å². The molecule has 0 N–H and O–H groups in total. The second-order valence-electron chi connectivity index (χ2n) is 5.73. The third kappa shape index (κ3) is 4.57. The van der Waals surface area contributed by atoms with Crippen molar-refractivity contribution in [2.75, 3.05) is 31.2 Å². The number of halogens is 1. The van der Waals surface area contributed by atoms with Crippen LogP contribution in [0.4, 0.5) is 5.69 Å². The normalized spacial score (nSPS) is 18.2. The van der Waals surface area contributed by atoms with Crippen LogP contribution in [0, 0.1) is 0 Å². The van der Waals surface area contributed by atoms with Gasteiger partial charge in [0.05, 0.1) is 18.9 Å². The van der Waals surface area contributed by atoms with E-state index in [1.165, 1.54) is 0 Å². The molecule has 2 rings (SSSR count). The van der Waals surface area contributed by atoms with E-state index >= 15 is 0 Å². The summed E-state index contributed by atoms with van der Waals surface area (Å²) in [6.07, 6.45) is 1.55. The van der Waals surface area contributed by atoms with Crippen molar-refractivity contribution in [3.63, 3.8) is 0 Å². The lowest BCUT2D eigenvalue weighted by Gasteiger charge is -2.29. The summed E-state index contributed by atoms with van der Waals surface area (Å²) in [6.45, 7) is 8.62. The number of morpholine rings is 1. The Morgan fingerprint density at radius 1 is 1.38 bits per heavy atom. The first-order valence-corrected chi connectivity index (χ1v) is 8.32. The number of rotatable bonds is 3. The zero-order valence-electron chi connectivity index (χ0n) is 12.5. The van der Waals surface area contributed by atoms with Crippen LogP contribution in [0.25, 0.3) is 0 Å². The molecule has 0 saturated carbocycles. The van der Waals surface area contributed by atoms with Crippen molar-refractivity contribution in [1.82, 2.24) is 4.98 Å². The molecule has 0 radical (unpaired) electrons. The quantitative estimate of drug-likeness (QED) is 0.485. The van der Waals surface area contributed by atoms with E-state index < -0.39 is 16.1 Å². The topological polar surface area (TPSA) is 60.8 Å². The van der Waals surface area contributed by atoms with Crippen LogP contribution in [-0.2, 0) is 16.1 Å². The molecule has 21 heavy (non-hydrogen) atoms. The van der Waals surface area contributed by atoms with Crippen molar-refractivity contribution >= 4 is 34.9 Å². The molecule has 0 aromatic carbocycles. The van der Waals surface area contributed by atoms with Crippen LogP contribution in [0.5, 0.6) is 0 Å². The number of anilines is 1. The van der Waals surface area contributed by atoms with Crippen LogP contribution in [-0.4, -0.2) is 46.8 Å². The molecule has 5 nitrogen and oxygen atoms in total. The molecule has 1 aliphatic heterocycles. The van der Waals surface area contributed by atoms with Gasteiger partial charge in [-0.2, -0.15) is 0 Å². The van der Waals surface area contributed by atoms with Crippen LogP contribution in [0.2, 0.25) is 5.15 Å². The summed E-state index contributed by atoms with van der Waals surface area (Å²) in [5.74, 6) is 0. The Morgan fingerprint density at radius 2 is 2.05 bits per heavy atom. The van der Waals surface area contributed by atoms with Crippen LogP contribution in [0.1, 0.15) is 26.5 Å². The van der Waals surface area contributed by atoms with Gasteiger partial charge in [0, 0.05) is 13.1 Å². The SMILES string of the molecule is CC(C)(C)[S+]([O-])/N=C/c1nc(Cl)ccc1N1CCOCC1. The Labute approximate surface area is 133 Å². The molecule has 1 unspecified atom stereocenters. The van der Waals surface area contributed by atoms with Gasteiger partial charge in [-0.05, 0) is 32.9 Å². The van der Waals surface area contributed by atoms with E-state index in [1.807, 2.05) is 26.8 Å². The number of nitrogens with zero attached hydrogens (tertiary/aromatic N) is 3. The lowest BCUT2D eigenvalue weighted by atomic mass is 10.2. The molecule has 0 bridgehead atoms. The van der Waals surface area contributed by atoms with Crippen molar-refractivity contribution in [2.45, 2.75) is 25.5 Å². The fourth-order valence-corrected chi connectivity index (χ4v) is 2.53. The smallest absolute Gasteiger partial charge is 0.144 e.